The number of nitro groups is 1. The maximum absolute atomic E-state index is 11.9. The zero-order valence-electron chi connectivity index (χ0n) is 11.2. The van der Waals surface area contributed by atoms with Crippen LogP contribution in [0.25, 0.3) is 0 Å². The number of non-ortho nitro benzene ring substituents is 1. The molecule has 9 nitrogen and oxygen atoms in total. The molecule has 0 bridgehead atoms. The van der Waals surface area contributed by atoms with Crippen LogP contribution in [0.5, 0.6) is 5.75 Å². The maximum atomic E-state index is 11.9. The molecule has 116 valence electrons. The number of hydrogen-bond acceptors (Lipinski definition) is 6. The van der Waals surface area contributed by atoms with E-state index in [0.29, 0.717) is 0 Å². The van der Waals surface area contributed by atoms with Crippen LogP contribution in [0.1, 0.15) is 16.8 Å². The molecule has 1 aromatic rings. The van der Waals surface area contributed by atoms with Gasteiger partial charge in [-0.2, -0.15) is 0 Å². The molecule has 0 saturated carbocycles. The second-order valence-corrected chi connectivity index (χ2v) is 5.85. The third-order valence-electron chi connectivity index (χ3n) is 2.53. The van der Waals surface area contributed by atoms with Crippen molar-refractivity contribution in [1.29, 1.82) is 0 Å². The van der Waals surface area contributed by atoms with Gasteiger partial charge in [-0.3, -0.25) is 14.9 Å². The van der Waals surface area contributed by atoms with E-state index in [1.54, 1.807) is 0 Å². The van der Waals surface area contributed by atoms with Crippen LogP contribution in [-0.4, -0.2) is 38.7 Å². The van der Waals surface area contributed by atoms with Crippen molar-refractivity contribution in [3.05, 3.63) is 33.9 Å². The van der Waals surface area contributed by atoms with Crippen molar-refractivity contribution < 1.29 is 22.9 Å². The Balaban J connectivity index is 2.72. The first-order valence-electron chi connectivity index (χ1n) is 5.85. The van der Waals surface area contributed by atoms with Gasteiger partial charge in [0, 0.05) is 12.6 Å². The molecule has 0 atom stereocenters. The number of primary sulfonamides is 1. The molecule has 0 aliphatic carbocycles. The van der Waals surface area contributed by atoms with Crippen LogP contribution in [0.15, 0.2) is 18.2 Å². The van der Waals surface area contributed by atoms with E-state index in [0.717, 1.165) is 6.07 Å². The van der Waals surface area contributed by atoms with Crippen LogP contribution >= 0.6 is 0 Å². The second-order valence-electron chi connectivity index (χ2n) is 4.12. The number of nitrogens with one attached hydrogen (secondary N) is 1. The molecule has 0 aliphatic heterocycles. The number of rotatable bonds is 7. The summed E-state index contributed by atoms with van der Waals surface area (Å²) in [6, 6.07) is 3.59. The van der Waals surface area contributed by atoms with Crippen molar-refractivity contribution >= 4 is 21.6 Å². The number of ether oxygens (including phenoxy) is 1. The molecule has 0 spiro atoms. The van der Waals surface area contributed by atoms with E-state index < -0.39 is 20.9 Å². The maximum Gasteiger partial charge on any atom is 0.273 e. The topological polar surface area (TPSA) is 142 Å². The van der Waals surface area contributed by atoms with Gasteiger partial charge in [0.05, 0.1) is 29.4 Å². The Morgan fingerprint density at radius 1 is 1.48 bits per heavy atom. The first kappa shape index (κ1) is 16.9. The zero-order valence-corrected chi connectivity index (χ0v) is 12.1. The summed E-state index contributed by atoms with van der Waals surface area (Å²) >= 11 is 0. The fourth-order valence-corrected chi connectivity index (χ4v) is 2.10. The molecule has 0 heterocycles. The average Bonchev–Trinajstić information content (AvgIpc) is 2.41. The number of sulfonamides is 1. The van der Waals surface area contributed by atoms with Gasteiger partial charge in [0.25, 0.3) is 11.6 Å². The van der Waals surface area contributed by atoms with Crippen LogP contribution in [0.2, 0.25) is 0 Å². The fourth-order valence-electron chi connectivity index (χ4n) is 1.55. The largest absolute Gasteiger partial charge is 0.496 e. The molecule has 10 heteroatoms. The predicted octanol–water partition coefficient (Wildman–Crippen LogP) is 0.0118. The Hall–Kier alpha value is -2.20. The smallest absolute Gasteiger partial charge is 0.273 e. The molecular formula is C11H15N3O6S. The number of methoxy groups -OCH3 is 1. The van der Waals surface area contributed by atoms with Crippen molar-refractivity contribution in [2.24, 2.45) is 5.14 Å². The quantitative estimate of drug-likeness (QED) is 0.412. The minimum absolute atomic E-state index is 0.0631. The number of benzene rings is 1. The number of hydrogen-bond donors (Lipinski definition) is 2. The first-order valence-corrected chi connectivity index (χ1v) is 7.57. The minimum Gasteiger partial charge on any atom is -0.496 e. The lowest BCUT2D eigenvalue weighted by Gasteiger charge is -2.09. The van der Waals surface area contributed by atoms with Crippen molar-refractivity contribution in [2.75, 3.05) is 19.4 Å². The molecule has 3 N–H and O–H groups in total. The van der Waals surface area contributed by atoms with Gasteiger partial charge in [0.15, 0.2) is 0 Å². The van der Waals surface area contributed by atoms with Crippen LogP contribution in [0, 0.1) is 10.1 Å². The van der Waals surface area contributed by atoms with Crippen molar-refractivity contribution in [3.8, 4) is 5.75 Å². The zero-order chi connectivity index (χ0) is 16.0. The molecule has 0 fully saturated rings. The number of nitrogens with two attached hydrogens (primary N) is 1. The highest BCUT2D eigenvalue weighted by Gasteiger charge is 2.16. The molecule has 1 amide bonds. The number of amides is 1. The van der Waals surface area contributed by atoms with Gasteiger partial charge in [-0.25, -0.2) is 13.6 Å². The highest BCUT2D eigenvalue weighted by Crippen LogP contribution is 2.24. The van der Waals surface area contributed by atoms with Gasteiger partial charge in [0.2, 0.25) is 10.0 Å². The van der Waals surface area contributed by atoms with E-state index in [1.165, 1.54) is 19.2 Å². The number of nitrogens with zero attached hydrogens (tertiary/aromatic N) is 1. The van der Waals surface area contributed by atoms with Gasteiger partial charge < -0.3 is 10.1 Å². The summed E-state index contributed by atoms with van der Waals surface area (Å²) in [5.41, 5.74) is -0.0728. The monoisotopic (exact) mass is 317 g/mol. The van der Waals surface area contributed by atoms with Gasteiger partial charge in [-0.05, 0) is 12.5 Å². The van der Waals surface area contributed by atoms with Crippen LogP contribution < -0.4 is 15.2 Å². The predicted molar refractivity (Wildman–Crippen MR) is 74.6 cm³/mol. The summed E-state index contributed by atoms with van der Waals surface area (Å²) in [4.78, 5) is 21.9. The number of nitro benzene ring substituents is 1. The molecule has 21 heavy (non-hydrogen) atoms. The van der Waals surface area contributed by atoms with Gasteiger partial charge in [-0.15, -0.1) is 0 Å². The normalized spacial score (nSPS) is 11.0. The standard InChI is InChI=1S/C11H15N3O6S/c1-20-10-7-8(14(16)17)3-4-9(10)11(15)13-5-2-6-21(12,18)19/h3-4,7H,2,5-6H2,1H3,(H,13,15)(H2,12,18,19). The third-order valence-corrected chi connectivity index (χ3v) is 3.39. The highest BCUT2D eigenvalue weighted by molar-refractivity contribution is 7.89. The van der Waals surface area contributed by atoms with Crippen LogP contribution in [0.3, 0.4) is 0 Å². The van der Waals surface area contributed by atoms with Gasteiger partial charge in [-0.1, -0.05) is 0 Å². The molecule has 0 unspecified atom stereocenters. The van der Waals surface area contributed by atoms with Crippen molar-refractivity contribution in [2.45, 2.75) is 6.42 Å². The third kappa shape index (κ3) is 5.36. The van der Waals surface area contributed by atoms with E-state index in [2.05, 4.69) is 5.32 Å². The Labute approximate surface area is 121 Å². The van der Waals surface area contributed by atoms with Gasteiger partial charge >= 0.3 is 0 Å². The minimum atomic E-state index is -3.57. The summed E-state index contributed by atoms with van der Waals surface area (Å²) in [5, 5.41) is 18.0. The highest BCUT2D eigenvalue weighted by atomic mass is 32.2. The van der Waals surface area contributed by atoms with E-state index in [4.69, 9.17) is 9.88 Å². The van der Waals surface area contributed by atoms with Crippen molar-refractivity contribution in [1.82, 2.24) is 5.32 Å². The van der Waals surface area contributed by atoms with E-state index in [9.17, 15) is 23.3 Å². The molecule has 0 aromatic heterocycles. The summed E-state index contributed by atoms with van der Waals surface area (Å²) in [7, 11) is -2.28. The molecule has 1 aromatic carbocycles. The number of carbonyl (C=O) groups excluding carboxylic acids is 1. The van der Waals surface area contributed by atoms with Crippen LogP contribution in [0.4, 0.5) is 5.69 Å². The molecule has 0 aliphatic rings. The van der Waals surface area contributed by atoms with Crippen LogP contribution in [-0.2, 0) is 10.0 Å². The Kier molecular flexibility index (Phi) is 5.61. The lowest BCUT2D eigenvalue weighted by molar-refractivity contribution is -0.384. The molecular weight excluding hydrogens is 302 g/mol. The summed E-state index contributed by atoms with van der Waals surface area (Å²) in [6.45, 7) is 0.107. The van der Waals surface area contributed by atoms with E-state index in [1.807, 2.05) is 0 Å². The summed E-state index contributed by atoms with van der Waals surface area (Å²) < 4.78 is 26.4. The lowest BCUT2D eigenvalue weighted by Crippen LogP contribution is -2.27. The SMILES string of the molecule is COc1cc([N+](=O)[O-])ccc1C(=O)NCCCS(N)(=O)=O. The fraction of sp³-hybridized carbons (Fsp3) is 0.364. The first-order chi connectivity index (χ1) is 9.74. The Morgan fingerprint density at radius 2 is 2.14 bits per heavy atom. The molecule has 0 saturated heterocycles. The molecule has 0 radical (unpaired) electrons. The Morgan fingerprint density at radius 3 is 2.67 bits per heavy atom. The second kappa shape index (κ2) is 6.99. The lowest BCUT2D eigenvalue weighted by atomic mass is 10.1. The van der Waals surface area contributed by atoms with E-state index in [-0.39, 0.29) is 35.7 Å². The van der Waals surface area contributed by atoms with Gasteiger partial charge in [0.1, 0.15) is 5.75 Å². The summed E-state index contributed by atoms with van der Waals surface area (Å²) in [5.74, 6) is -0.700. The summed E-state index contributed by atoms with van der Waals surface area (Å²) in [6.07, 6.45) is 0.167. The Bertz CT molecular complexity index is 643. The average molecular weight is 317 g/mol. The molecule has 1 rings (SSSR count). The van der Waals surface area contributed by atoms with Crippen molar-refractivity contribution in [3.63, 3.8) is 0 Å². The van der Waals surface area contributed by atoms with E-state index >= 15 is 0 Å². The number of carbonyl (C=O) groups is 1.